The molecule has 2 amide bonds. The van der Waals surface area contributed by atoms with Crippen LogP contribution in [0.2, 0.25) is 0 Å². The Bertz CT molecular complexity index is 803. The van der Waals surface area contributed by atoms with Crippen LogP contribution in [0, 0.1) is 0 Å². The summed E-state index contributed by atoms with van der Waals surface area (Å²) in [5, 5.41) is 19.1. The molecule has 1 heterocycles. The summed E-state index contributed by atoms with van der Waals surface area (Å²) in [6.45, 7) is -0.309. The van der Waals surface area contributed by atoms with Crippen LogP contribution in [0.5, 0.6) is 0 Å². The number of amides is 2. The Balaban J connectivity index is 1.23. The van der Waals surface area contributed by atoms with Gasteiger partial charge < -0.3 is 25.8 Å². The third kappa shape index (κ3) is 6.61. The van der Waals surface area contributed by atoms with Crippen LogP contribution >= 0.6 is 11.6 Å². The van der Waals surface area contributed by atoms with Gasteiger partial charge in [0.15, 0.2) is 0 Å². The van der Waals surface area contributed by atoms with Crippen molar-refractivity contribution >= 4 is 23.4 Å². The second-order valence-electron chi connectivity index (χ2n) is 10.7. The van der Waals surface area contributed by atoms with E-state index in [0.717, 1.165) is 0 Å². The largest absolute Gasteiger partial charge is 0.522 e. The summed E-state index contributed by atoms with van der Waals surface area (Å²) in [4.78, 5) is 25.4. The van der Waals surface area contributed by atoms with Crippen molar-refractivity contribution in [3.8, 4) is 0 Å². The molecule has 5 aliphatic rings. The average molecular weight is 544 g/mol. The smallest absolute Gasteiger partial charge is 0.391 e. The zero-order valence-corrected chi connectivity index (χ0v) is 20.7. The first-order chi connectivity index (χ1) is 16.9. The summed E-state index contributed by atoms with van der Waals surface area (Å²) in [7, 11) is 0. The Hall–Kier alpha value is -1.21. The lowest BCUT2D eigenvalue weighted by Crippen LogP contribution is -2.71. The maximum Gasteiger partial charge on any atom is 0.522 e. The van der Waals surface area contributed by atoms with Crippen LogP contribution in [0.4, 0.5) is 17.6 Å². The minimum absolute atomic E-state index is 0.0796. The monoisotopic (exact) mass is 543 g/mol. The molecule has 5 rings (SSSR count). The molecule has 4 N–H and O–H groups in total. The Labute approximate surface area is 212 Å². The zero-order chi connectivity index (χ0) is 26.1. The molecule has 5 fully saturated rings. The van der Waals surface area contributed by atoms with E-state index in [-0.39, 0.29) is 56.8 Å². The molecule has 2 bridgehead atoms. The number of halogens is 5. The molecule has 1 aliphatic heterocycles. The third-order valence-electron chi connectivity index (χ3n) is 8.18. The molecule has 0 spiro atoms. The first kappa shape index (κ1) is 27.8. The molecule has 6 atom stereocenters. The predicted octanol–water partition coefficient (Wildman–Crippen LogP) is 2.21. The minimum Gasteiger partial charge on any atom is -0.391 e. The van der Waals surface area contributed by atoms with E-state index >= 15 is 0 Å². The lowest BCUT2D eigenvalue weighted by atomic mass is 9.59. The Morgan fingerprint density at radius 3 is 2.33 bits per heavy atom. The van der Waals surface area contributed by atoms with Gasteiger partial charge in [-0.2, -0.15) is 0 Å². The Kier molecular flexibility index (Phi) is 8.41. The van der Waals surface area contributed by atoms with Gasteiger partial charge in [0, 0.05) is 18.5 Å². The first-order valence-electron chi connectivity index (χ1n) is 12.6. The number of alkyl halides is 5. The van der Waals surface area contributed by atoms with Gasteiger partial charge in [-0.05, 0) is 57.8 Å². The SMILES string of the molecule is O=C(COC1CCC(Cl)C(F)C1)NC12CCC(NC(=O)C3CCC(OC(F)(F)F)CN3)(CC1)C[C@@H]2O. The Morgan fingerprint density at radius 2 is 1.75 bits per heavy atom. The summed E-state index contributed by atoms with van der Waals surface area (Å²) in [5.74, 6) is -0.685. The van der Waals surface area contributed by atoms with Crippen LogP contribution in [-0.2, 0) is 19.1 Å². The molecular formula is C23H34ClF4N3O5. The van der Waals surface area contributed by atoms with Gasteiger partial charge in [-0.15, -0.1) is 24.8 Å². The van der Waals surface area contributed by atoms with Crippen molar-refractivity contribution < 1.29 is 41.7 Å². The third-order valence-corrected chi connectivity index (χ3v) is 8.67. The molecule has 36 heavy (non-hydrogen) atoms. The van der Waals surface area contributed by atoms with Crippen molar-refractivity contribution in [3.63, 3.8) is 0 Å². The number of ether oxygens (including phenoxy) is 2. The summed E-state index contributed by atoms with van der Waals surface area (Å²) in [5.41, 5.74) is -1.44. The van der Waals surface area contributed by atoms with Crippen LogP contribution in [0.1, 0.15) is 64.2 Å². The minimum atomic E-state index is -4.71. The van der Waals surface area contributed by atoms with Crippen molar-refractivity contribution in [2.45, 2.75) is 118 Å². The average Bonchev–Trinajstić information content (AvgIpc) is 2.80. The maximum atomic E-state index is 13.8. The standard InChI is InChI=1S/C23H34ClF4N3O5/c24-15-3-1-13(9-16(15)25)35-12-19(33)30-22-7-5-21(6-8-22,10-18(22)32)31-20(34)17-4-2-14(11-29-17)36-23(26,27)28/h13-18,29,32H,1-12H2,(H,30,33)(H,31,34)/t13?,14?,15?,16?,17?,18-,21?,22?/m0/s1. The van der Waals surface area contributed by atoms with Crippen LogP contribution in [-0.4, -0.2) is 83.4 Å². The number of fused-ring (bicyclic) bond motifs is 3. The zero-order valence-electron chi connectivity index (χ0n) is 19.9. The molecule has 0 aromatic carbocycles. The molecule has 8 nitrogen and oxygen atoms in total. The fourth-order valence-corrected chi connectivity index (χ4v) is 6.28. The number of piperidine rings is 1. The van der Waals surface area contributed by atoms with Gasteiger partial charge in [0.05, 0.1) is 35.3 Å². The molecule has 0 aromatic heterocycles. The summed E-state index contributed by atoms with van der Waals surface area (Å²) in [6, 6.07) is -0.632. The van der Waals surface area contributed by atoms with Crippen LogP contribution in [0.25, 0.3) is 0 Å². The van der Waals surface area contributed by atoms with Gasteiger partial charge in [0.1, 0.15) is 12.8 Å². The van der Waals surface area contributed by atoms with E-state index in [9.17, 15) is 32.3 Å². The van der Waals surface area contributed by atoms with Gasteiger partial charge in [-0.25, -0.2) is 4.39 Å². The molecule has 1 saturated heterocycles. The fourth-order valence-electron chi connectivity index (χ4n) is 6.06. The van der Waals surface area contributed by atoms with Gasteiger partial charge in [-0.1, -0.05) is 0 Å². The molecule has 5 unspecified atom stereocenters. The lowest BCUT2D eigenvalue weighted by Gasteiger charge is -2.56. The number of aliphatic hydroxyl groups is 1. The van der Waals surface area contributed by atoms with E-state index in [0.29, 0.717) is 38.5 Å². The van der Waals surface area contributed by atoms with Crippen LogP contribution < -0.4 is 16.0 Å². The predicted molar refractivity (Wildman–Crippen MR) is 121 cm³/mol. The number of aliphatic hydroxyl groups excluding tert-OH is 1. The van der Waals surface area contributed by atoms with E-state index < -0.39 is 47.2 Å². The van der Waals surface area contributed by atoms with E-state index in [1.807, 2.05) is 0 Å². The highest BCUT2D eigenvalue weighted by Gasteiger charge is 2.55. The highest BCUT2D eigenvalue weighted by Crippen LogP contribution is 2.47. The second-order valence-corrected chi connectivity index (χ2v) is 11.3. The fraction of sp³-hybridized carbons (Fsp3) is 0.913. The molecule has 4 saturated carbocycles. The van der Waals surface area contributed by atoms with E-state index in [4.69, 9.17) is 16.3 Å². The molecule has 0 radical (unpaired) electrons. The summed E-state index contributed by atoms with van der Waals surface area (Å²) >= 11 is 5.89. The number of carbonyl (C=O) groups is 2. The van der Waals surface area contributed by atoms with Crippen LogP contribution in [0.3, 0.4) is 0 Å². The Morgan fingerprint density at radius 1 is 1.06 bits per heavy atom. The topological polar surface area (TPSA) is 109 Å². The molecule has 13 heteroatoms. The molecular weight excluding hydrogens is 510 g/mol. The first-order valence-corrected chi connectivity index (χ1v) is 13.0. The number of carbonyl (C=O) groups excluding carboxylic acids is 2. The second kappa shape index (κ2) is 10.9. The highest BCUT2D eigenvalue weighted by atomic mass is 35.5. The van der Waals surface area contributed by atoms with Crippen molar-refractivity contribution in [1.82, 2.24) is 16.0 Å². The summed E-state index contributed by atoms with van der Waals surface area (Å²) < 4.78 is 60.6. The van der Waals surface area contributed by atoms with Gasteiger partial charge in [-0.3, -0.25) is 14.3 Å². The molecule has 4 aliphatic carbocycles. The number of hydrogen-bond donors (Lipinski definition) is 4. The van der Waals surface area contributed by atoms with Crippen LogP contribution in [0.15, 0.2) is 0 Å². The normalized spacial score (nSPS) is 41.1. The lowest BCUT2D eigenvalue weighted by molar-refractivity contribution is -0.343. The van der Waals surface area contributed by atoms with Crippen molar-refractivity contribution in [3.05, 3.63) is 0 Å². The van der Waals surface area contributed by atoms with Crippen molar-refractivity contribution in [2.24, 2.45) is 0 Å². The number of rotatable bonds is 7. The quantitative estimate of drug-likeness (QED) is 0.290. The van der Waals surface area contributed by atoms with E-state index in [2.05, 4.69) is 20.7 Å². The van der Waals surface area contributed by atoms with E-state index in [1.165, 1.54) is 0 Å². The number of hydrogen-bond acceptors (Lipinski definition) is 6. The van der Waals surface area contributed by atoms with Gasteiger partial charge in [0.2, 0.25) is 11.8 Å². The van der Waals surface area contributed by atoms with Crippen molar-refractivity contribution in [1.29, 1.82) is 0 Å². The maximum absolute atomic E-state index is 13.8. The molecule has 0 aromatic rings. The van der Waals surface area contributed by atoms with Gasteiger partial charge in [0.25, 0.3) is 0 Å². The number of nitrogens with one attached hydrogen (secondary N) is 3. The highest BCUT2D eigenvalue weighted by molar-refractivity contribution is 6.21. The van der Waals surface area contributed by atoms with Crippen molar-refractivity contribution in [2.75, 3.05) is 13.2 Å². The summed E-state index contributed by atoms with van der Waals surface area (Å²) in [6.07, 6.45) is -4.32. The van der Waals surface area contributed by atoms with E-state index in [1.54, 1.807) is 0 Å². The molecule has 206 valence electrons. The van der Waals surface area contributed by atoms with Gasteiger partial charge >= 0.3 is 6.36 Å².